The van der Waals surface area contributed by atoms with E-state index < -0.39 is 0 Å². The number of rotatable bonds is 3. The molecule has 0 atom stereocenters. The van der Waals surface area contributed by atoms with Crippen LogP contribution in [0.2, 0.25) is 0 Å². The van der Waals surface area contributed by atoms with Crippen LogP contribution < -0.4 is 9.47 Å². The molecule has 0 unspecified atom stereocenters. The topological polar surface area (TPSA) is 47.9 Å². The number of fused-ring (bicyclic) bond motifs is 1. The molecule has 0 radical (unpaired) electrons. The molecule has 0 aromatic heterocycles. The Morgan fingerprint density at radius 1 is 1.26 bits per heavy atom. The third-order valence-electron chi connectivity index (χ3n) is 3.84. The third kappa shape index (κ3) is 2.13. The molecule has 1 aromatic carbocycles. The van der Waals surface area contributed by atoms with E-state index in [1.165, 1.54) is 5.56 Å². The molecule has 0 amide bonds. The van der Waals surface area contributed by atoms with Crippen molar-refractivity contribution in [2.75, 3.05) is 13.2 Å². The molecule has 1 fully saturated rings. The van der Waals surface area contributed by atoms with Crippen LogP contribution >= 0.6 is 0 Å². The number of benzene rings is 1. The summed E-state index contributed by atoms with van der Waals surface area (Å²) in [7, 11) is 0. The van der Waals surface area contributed by atoms with E-state index in [-0.39, 0.29) is 5.54 Å². The van der Waals surface area contributed by atoms with E-state index in [1.54, 1.807) is 6.08 Å². The number of ether oxygens (including phenoxy) is 2. The van der Waals surface area contributed by atoms with Crippen molar-refractivity contribution in [2.45, 2.75) is 38.1 Å². The molecule has 1 aromatic rings. The molecular weight excluding hydrogens is 242 g/mol. The normalized spacial score (nSPS) is 19.2. The minimum absolute atomic E-state index is 0.349. The van der Waals surface area contributed by atoms with Gasteiger partial charge in [0.2, 0.25) is 6.08 Å². The van der Waals surface area contributed by atoms with E-state index in [4.69, 9.17) is 9.47 Å². The Morgan fingerprint density at radius 3 is 2.53 bits per heavy atom. The van der Waals surface area contributed by atoms with E-state index in [9.17, 15) is 4.79 Å². The molecule has 0 bridgehead atoms. The monoisotopic (exact) mass is 259 g/mol. The van der Waals surface area contributed by atoms with Gasteiger partial charge in [-0.15, -0.1) is 0 Å². The SMILES string of the molecule is CCc1cc2c(cc1C1(N=C=O)CC1)OCCCO2. The molecule has 3 rings (SSSR count). The molecule has 2 aliphatic rings. The van der Waals surface area contributed by atoms with Crippen LogP contribution in [0.15, 0.2) is 17.1 Å². The fourth-order valence-electron chi connectivity index (χ4n) is 2.62. The first-order valence-electron chi connectivity index (χ1n) is 6.81. The zero-order valence-corrected chi connectivity index (χ0v) is 11.1. The highest BCUT2D eigenvalue weighted by Gasteiger charge is 2.46. The summed E-state index contributed by atoms with van der Waals surface area (Å²) in [5.41, 5.74) is 1.93. The van der Waals surface area contributed by atoms with E-state index in [0.717, 1.165) is 42.7 Å². The van der Waals surface area contributed by atoms with E-state index in [0.29, 0.717) is 13.2 Å². The van der Waals surface area contributed by atoms with Gasteiger partial charge in [0.05, 0.1) is 18.8 Å². The van der Waals surface area contributed by atoms with Crippen molar-refractivity contribution in [3.8, 4) is 11.5 Å². The Hall–Kier alpha value is -1.80. The maximum atomic E-state index is 10.6. The van der Waals surface area contributed by atoms with Gasteiger partial charge in [-0.2, -0.15) is 4.99 Å². The number of aryl methyl sites for hydroxylation is 1. The number of hydrogen-bond donors (Lipinski definition) is 0. The summed E-state index contributed by atoms with van der Waals surface area (Å²) in [6, 6.07) is 4.05. The molecule has 0 spiro atoms. The highest BCUT2D eigenvalue weighted by Crippen LogP contribution is 2.52. The minimum Gasteiger partial charge on any atom is -0.490 e. The maximum absolute atomic E-state index is 10.6. The highest BCUT2D eigenvalue weighted by molar-refractivity contribution is 5.53. The quantitative estimate of drug-likeness (QED) is 0.619. The van der Waals surface area contributed by atoms with Gasteiger partial charge in [0.1, 0.15) is 0 Å². The second-order valence-electron chi connectivity index (χ2n) is 5.09. The molecule has 100 valence electrons. The Morgan fingerprint density at radius 2 is 1.95 bits per heavy atom. The van der Waals surface area contributed by atoms with Crippen LogP contribution in [-0.4, -0.2) is 19.3 Å². The van der Waals surface area contributed by atoms with Crippen molar-refractivity contribution in [3.63, 3.8) is 0 Å². The van der Waals surface area contributed by atoms with Crippen LogP contribution in [0.5, 0.6) is 11.5 Å². The molecule has 1 aliphatic carbocycles. The molecule has 1 aliphatic heterocycles. The molecule has 1 saturated carbocycles. The summed E-state index contributed by atoms with van der Waals surface area (Å²) < 4.78 is 11.4. The number of hydrogen-bond acceptors (Lipinski definition) is 4. The fraction of sp³-hybridized carbons (Fsp3) is 0.533. The van der Waals surface area contributed by atoms with Crippen molar-refractivity contribution < 1.29 is 14.3 Å². The lowest BCUT2D eigenvalue weighted by molar-refractivity contribution is 0.297. The van der Waals surface area contributed by atoms with E-state index >= 15 is 0 Å². The van der Waals surface area contributed by atoms with Crippen molar-refractivity contribution in [2.24, 2.45) is 4.99 Å². The minimum atomic E-state index is -0.349. The summed E-state index contributed by atoms with van der Waals surface area (Å²) in [6.07, 6.45) is 5.32. The summed E-state index contributed by atoms with van der Waals surface area (Å²) in [4.78, 5) is 14.6. The summed E-state index contributed by atoms with van der Waals surface area (Å²) >= 11 is 0. The van der Waals surface area contributed by atoms with Crippen molar-refractivity contribution >= 4 is 6.08 Å². The van der Waals surface area contributed by atoms with Crippen LogP contribution in [0, 0.1) is 0 Å². The number of isocyanates is 1. The molecule has 1 heterocycles. The molecule has 19 heavy (non-hydrogen) atoms. The Balaban J connectivity index is 2.09. The molecule has 4 heteroatoms. The van der Waals surface area contributed by atoms with Gasteiger partial charge in [0.25, 0.3) is 0 Å². The predicted octanol–water partition coefficient (Wildman–Crippen LogP) is 2.74. The van der Waals surface area contributed by atoms with Crippen molar-refractivity contribution in [1.82, 2.24) is 0 Å². The van der Waals surface area contributed by atoms with Gasteiger partial charge in [-0.25, -0.2) is 4.79 Å². The summed E-state index contributed by atoms with van der Waals surface area (Å²) in [5, 5.41) is 0. The van der Waals surface area contributed by atoms with Crippen LogP contribution in [-0.2, 0) is 16.8 Å². The molecular formula is C15H17NO3. The Kier molecular flexibility index (Phi) is 3.03. The van der Waals surface area contributed by atoms with Gasteiger partial charge in [0.15, 0.2) is 11.5 Å². The lowest BCUT2D eigenvalue weighted by Crippen LogP contribution is -2.08. The van der Waals surface area contributed by atoms with Gasteiger partial charge >= 0.3 is 0 Å². The summed E-state index contributed by atoms with van der Waals surface area (Å²) in [6.45, 7) is 3.46. The molecule has 0 N–H and O–H groups in total. The summed E-state index contributed by atoms with van der Waals surface area (Å²) in [5.74, 6) is 1.58. The lowest BCUT2D eigenvalue weighted by atomic mass is 9.96. The second kappa shape index (κ2) is 4.71. The van der Waals surface area contributed by atoms with Gasteiger partial charge in [-0.3, -0.25) is 0 Å². The van der Waals surface area contributed by atoms with Gasteiger partial charge in [0, 0.05) is 6.42 Å². The van der Waals surface area contributed by atoms with Crippen molar-refractivity contribution in [3.05, 3.63) is 23.3 Å². The van der Waals surface area contributed by atoms with Crippen molar-refractivity contribution in [1.29, 1.82) is 0 Å². The average Bonchev–Trinajstić information content (AvgIpc) is 3.21. The van der Waals surface area contributed by atoms with E-state index in [1.807, 2.05) is 12.1 Å². The smallest absolute Gasteiger partial charge is 0.235 e. The molecule has 4 nitrogen and oxygen atoms in total. The number of nitrogens with zero attached hydrogens (tertiary/aromatic N) is 1. The zero-order chi connectivity index (χ0) is 13.3. The highest BCUT2D eigenvalue weighted by atomic mass is 16.5. The Bertz CT molecular complexity index is 543. The fourth-order valence-corrected chi connectivity index (χ4v) is 2.62. The number of carbonyl (C=O) groups excluding carboxylic acids is 1. The van der Waals surface area contributed by atoms with Crippen LogP contribution in [0.1, 0.15) is 37.3 Å². The van der Waals surface area contributed by atoms with Crippen LogP contribution in [0.4, 0.5) is 0 Å². The predicted molar refractivity (Wildman–Crippen MR) is 70.5 cm³/mol. The van der Waals surface area contributed by atoms with E-state index in [2.05, 4.69) is 11.9 Å². The molecule has 0 saturated heterocycles. The first-order valence-corrected chi connectivity index (χ1v) is 6.81. The van der Waals surface area contributed by atoms with Gasteiger partial charge < -0.3 is 9.47 Å². The maximum Gasteiger partial charge on any atom is 0.235 e. The number of aliphatic imine (C=N–C) groups is 1. The Labute approximate surface area is 112 Å². The first-order chi connectivity index (χ1) is 9.29. The third-order valence-corrected chi connectivity index (χ3v) is 3.84. The largest absolute Gasteiger partial charge is 0.490 e. The second-order valence-corrected chi connectivity index (χ2v) is 5.09. The van der Waals surface area contributed by atoms with Crippen LogP contribution in [0.25, 0.3) is 0 Å². The zero-order valence-electron chi connectivity index (χ0n) is 11.1. The van der Waals surface area contributed by atoms with Gasteiger partial charge in [-0.05, 0) is 42.5 Å². The standard InChI is InChI=1S/C15H17NO3/c1-2-11-8-13-14(19-7-3-6-18-13)9-12(11)15(4-5-15)16-10-17/h8-9H,2-7H2,1H3. The van der Waals surface area contributed by atoms with Gasteiger partial charge in [-0.1, -0.05) is 6.92 Å². The average molecular weight is 259 g/mol. The first kappa shape index (κ1) is 12.2. The van der Waals surface area contributed by atoms with Crippen LogP contribution in [0.3, 0.4) is 0 Å². The lowest BCUT2D eigenvalue weighted by Gasteiger charge is -2.17.